The van der Waals surface area contributed by atoms with Crippen LogP contribution in [0.2, 0.25) is 0 Å². The number of fused-ring (bicyclic) bond motifs is 3. The Morgan fingerprint density at radius 3 is 2.56 bits per heavy atom. The molecular weight excluding hydrogens is 311 g/mol. The first-order valence-electron chi connectivity index (χ1n) is 6.97. The van der Waals surface area contributed by atoms with E-state index in [1.54, 1.807) is 0 Å². The molecule has 16 heavy (non-hydrogen) atoms. The van der Waals surface area contributed by atoms with Crippen LogP contribution in [-0.2, 0) is 4.79 Å². The average Bonchev–Trinajstić information content (AvgIpc) is 2.92. The van der Waals surface area contributed by atoms with Gasteiger partial charge in [-0.1, -0.05) is 22.6 Å². The number of carbonyl (C=O) groups is 1. The largest absolute Gasteiger partial charge is 0.299 e. The van der Waals surface area contributed by atoms with E-state index in [4.69, 9.17) is 0 Å². The third kappa shape index (κ3) is 0.553. The fourth-order valence-corrected chi connectivity index (χ4v) is 9.66. The molecule has 11 atom stereocenters. The molecule has 6 aliphatic carbocycles. The van der Waals surface area contributed by atoms with Gasteiger partial charge in [0, 0.05) is 15.8 Å². The van der Waals surface area contributed by atoms with Crippen molar-refractivity contribution < 1.29 is 4.79 Å². The van der Waals surface area contributed by atoms with Crippen molar-refractivity contribution in [1.82, 2.24) is 0 Å². The monoisotopic (exact) mass is 326 g/mol. The zero-order valence-electron chi connectivity index (χ0n) is 9.05. The molecule has 0 spiro atoms. The lowest BCUT2D eigenvalue weighted by Crippen LogP contribution is -2.36. The van der Waals surface area contributed by atoms with Crippen LogP contribution in [0.4, 0.5) is 0 Å². The van der Waals surface area contributed by atoms with Gasteiger partial charge in [-0.3, -0.25) is 4.79 Å². The molecule has 0 N–H and O–H groups in total. The van der Waals surface area contributed by atoms with Crippen molar-refractivity contribution in [3.05, 3.63) is 0 Å². The molecular formula is C14H15IO. The van der Waals surface area contributed by atoms with Gasteiger partial charge in [-0.25, -0.2) is 0 Å². The summed E-state index contributed by atoms with van der Waals surface area (Å²) >= 11 is 2.76. The number of rotatable bonds is 0. The third-order valence-electron chi connectivity index (χ3n) is 7.64. The van der Waals surface area contributed by atoms with E-state index in [2.05, 4.69) is 22.6 Å². The predicted molar refractivity (Wildman–Crippen MR) is 66.9 cm³/mol. The molecule has 6 saturated carbocycles. The Labute approximate surface area is 109 Å². The van der Waals surface area contributed by atoms with E-state index in [1.807, 2.05) is 0 Å². The Balaban J connectivity index is 1.72. The Morgan fingerprint density at radius 2 is 1.69 bits per heavy atom. The van der Waals surface area contributed by atoms with Crippen LogP contribution in [0.25, 0.3) is 0 Å². The number of halogens is 1. The van der Waals surface area contributed by atoms with Crippen molar-refractivity contribution >= 4 is 28.4 Å². The zero-order chi connectivity index (χ0) is 10.3. The van der Waals surface area contributed by atoms with Crippen LogP contribution in [0.3, 0.4) is 0 Å². The highest BCUT2D eigenvalue weighted by molar-refractivity contribution is 14.1. The lowest BCUT2D eigenvalue weighted by atomic mass is 9.73. The molecule has 0 radical (unpaired) electrons. The summed E-state index contributed by atoms with van der Waals surface area (Å²) in [4.78, 5) is 12.5. The van der Waals surface area contributed by atoms with Gasteiger partial charge in [0.15, 0.2) is 0 Å². The summed E-state index contributed by atoms with van der Waals surface area (Å²) in [6.07, 6.45) is 2.74. The quantitative estimate of drug-likeness (QED) is 0.493. The summed E-state index contributed by atoms with van der Waals surface area (Å²) in [6.45, 7) is 0. The van der Waals surface area contributed by atoms with Crippen molar-refractivity contribution in [2.24, 2.45) is 59.2 Å². The van der Waals surface area contributed by atoms with E-state index in [1.165, 1.54) is 12.8 Å². The van der Waals surface area contributed by atoms with Crippen molar-refractivity contribution in [1.29, 1.82) is 0 Å². The standard InChI is InChI=1S/C14H15IO/c15-13-5-2-6-10-8-3-1-4(12(8)14(6)16)11(13)7(3)9(5)10/h3-13H,1-2H2. The fourth-order valence-electron chi connectivity index (χ4n) is 7.88. The van der Waals surface area contributed by atoms with Crippen molar-refractivity contribution in [2.75, 3.05) is 0 Å². The molecule has 2 heteroatoms. The molecule has 0 aromatic carbocycles. The number of alkyl halides is 1. The summed E-state index contributed by atoms with van der Waals surface area (Å²) in [5.74, 6) is 9.47. The van der Waals surface area contributed by atoms with Crippen LogP contribution >= 0.6 is 22.6 Å². The van der Waals surface area contributed by atoms with E-state index < -0.39 is 0 Å². The van der Waals surface area contributed by atoms with Crippen molar-refractivity contribution in [2.45, 2.75) is 16.8 Å². The first kappa shape index (κ1) is 8.49. The number of Topliss-reactive ketones (excluding diaryl/α,β-unsaturated/α-hetero) is 1. The summed E-state index contributed by atoms with van der Waals surface area (Å²) in [6, 6.07) is 0. The molecule has 11 unspecified atom stereocenters. The highest BCUT2D eigenvalue weighted by Crippen LogP contribution is 2.82. The minimum Gasteiger partial charge on any atom is -0.299 e. The maximum atomic E-state index is 12.5. The maximum absolute atomic E-state index is 12.5. The molecule has 2 bridgehead atoms. The van der Waals surface area contributed by atoms with Crippen LogP contribution in [0.15, 0.2) is 0 Å². The second-order valence-corrected chi connectivity index (χ2v) is 8.77. The van der Waals surface area contributed by atoms with Crippen molar-refractivity contribution in [3.63, 3.8) is 0 Å². The zero-order valence-corrected chi connectivity index (χ0v) is 11.2. The number of ketones is 1. The Bertz CT molecular complexity index is 446. The van der Waals surface area contributed by atoms with Gasteiger partial charge >= 0.3 is 0 Å². The molecule has 6 rings (SSSR count). The van der Waals surface area contributed by atoms with Gasteiger partial charge in [-0.05, 0) is 60.2 Å². The van der Waals surface area contributed by atoms with Gasteiger partial charge in [0.1, 0.15) is 5.78 Å². The Hall–Kier alpha value is 0.400. The Morgan fingerprint density at radius 1 is 0.875 bits per heavy atom. The van der Waals surface area contributed by atoms with Crippen LogP contribution in [0, 0.1) is 59.2 Å². The van der Waals surface area contributed by atoms with Gasteiger partial charge in [-0.2, -0.15) is 0 Å². The van der Waals surface area contributed by atoms with Gasteiger partial charge in [0.25, 0.3) is 0 Å². The fraction of sp³-hybridized carbons (Fsp3) is 0.929. The summed E-state index contributed by atoms with van der Waals surface area (Å²) < 4.78 is 0.937. The molecule has 6 fully saturated rings. The van der Waals surface area contributed by atoms with E-state index in [0.717, 1.165) is 57.1 Å². The lowest BCUT2D eigenvalue weighted by Gasteiger charge is -2.34. The molecule has 0 heterocycles. The van der Waals surface area contributed by atoms with E-state index in [-0.39, 0.29) is 0 Å². The normalized spacial score (nSPS) is 79.8. The number of hydrogen-bond acceptors (Lipinski definition) is 1. The Kier molecular flexibility index (Phi) is 1.15. The molecule has 0 saturated heterocycles. The summed E-state index contributed by atoms with van der Waals surface area (Å²) in [5.41, 5.74) is 0. The van der Waals surface area contributed by atoms with E-state index >= 15 is 0 Å². The second-order valence-electron chi connectivity index (χ2n) is 7.33. The minimum absolute atomic E-state index is 0.541. The van der Waals surface area contributed by atoms with Crippen molar-refractivity contribution in [3.8, 4) is 0 Å². The molecule has 1 nitrogen and oxygen atoms in total. The van der Waals surface area contributed by atoms with Gasteiger partial charge in [-0.15, -0.1) is 0 Å². The highest BCUT2D eigenvalue weighted by atomic mass is 127. The van der Waals surface area contributed by atoms with Gasteiger partial charge in [0.2, 0.25) is 0 Å². The third-order valence-corrected chi connectivity index (χ3v) is 9.39. The highest BCUT2D eigenvalue weighted by Gasteiger charge is 2.81. The smallest absolute Gasteiger partial charge is 0.139 e. The van der Waals surface area contributed by atoms with E-state index in [0.29, 0.717) is 11.8 Å². The molecule has 0 aliphatic heterocycles. The second kappa shape index (κ2) is 2.17. The predicted octanol–water partition coefficient (Wildman–Crippen LogP) is 2.38. The number of hydrogen-bond donors (Lipinski definition) is 0. The molecule has 84 valence electrons. The molecule has 6 aliphatic rings. The SMILES string of the molecule is O=C1C2CC3C(I)C4C5CC6C(C15)C2C3C64. The van der Waals surface area contributed by atoms with Gasteiger partial charge < -0.3 is 0 Å². The minimum atomic E-state index is 0.541. The van der Waals surface area contributed by atoms with Crippen LogP contribution in [-0.4, -0.2) is 9.71 Å². The molecule has 0 aromatic heterocycles. The first-order valence-corrected chi connectivity index (χ1v) is 8.21. The first-order chi connectivity index (χ1) is 7.79. The summed E-state index contributed by atoms with van der Waals surface area (Å²) in [7, 11) is 0. The number of carbonyl (C=O) groups excluding carboxylic acids is 1. The maximum Gasteiger partial charge on any atom is 0.139 e. The van der Waals surface area contributed by atoms with Gasteiger partial charge in [0.05, 0.1) is 0 Å². The summed E-state index contributed by atoms with van der Waals surface area (Å²) in [5, 5.41) is 0. The molecule has 0 amide bonds. The molecule has 0 aromatic rings. The lowest BCUT2D eigenvalue weighted by molar-refractivity contribution is -0.127. The van der Waals surface area contributed by atoms with Crippen LogP contribution in [0.1, 0.15) is 12.8 Å². The van der Waals surface area contributed by atoms with E-state index in [9.17, 15) is 4.79 Å². The average molecular weight is 326 g/mol. The van der Waals surface area contributed by atoms with Crippen LogP contribution < -0.4 is 0 Å². The topological polar surface area (TPSA) is 17.1 Å². The van der Waals surface area contributed by atoms with Crippen LogP contribution in [0.5, 0.6) is 0 Å².